The molecule has 0 spiro atoms. The minimum Gasteiger partial charge on any atom is -0.345 e. The van der Waals surface area contributed by atoms with Crippen molar-refractivity contribution in [3.8, 4) is 89.0 Å². The zero-order chi connectivity index (χ0) is 71.1. The fourth-order valence-electron chi connectivity index (χ4n) is 13.2. The van der Waals surface area contributed by atoms with Gasteiger partial charge in [0.25, 0.3) is 0 Å². The van der Waals surface area contributed by atoms with Crippen LogP contribution in [0.2, 0.25) is 0 Å². The molecule has 0 aromatic heterocycles. The molecule has 4 heteroatoms. The van der Waals surface area contributed by atoms with Crippen molar-refractivity contribution in [3.63, 3.8) is 0 Å². The van der Waals surface area contributed by atoms with Crippen LogP contribution in [-0.4, -0.2) is 28.2 Å². The molecule has 0 aliphatic carbocycles. The maximum atomic E-state index is 2.27. The summed E-state index contributed by atoms with van der Waals surface area (Å²) in [6.07, 6.45) is 0. The van der Waals surface area contributed by atoms with Crippen molar-refractivity contribution in [2.45, 2.75) is 0 Å². The third kappa shape index (κ3) is 17.1. The van der Waals surface area contributed by atoms with Crippen LogP contribution < -0.4 is 19.6 Å². The van der Waals surface area contributed by atoms with E-state index >= 15 is 0 Å². The number of benzene rings is 16. The molecule has 0 saturated carbocycles. The first-order valence-corrected chi connectivity index (χ1v) is 35.5. The Hall–Kier alpha value is -13.3. The standard InChI is InChI=1S/4C25H21N/c1-26(21-14-6-3-7-15-21)25-19-11-10-18-24(25)23-17-9-8-16-22(23)20-12-4-2-5-13-20;1-26(23-15-6-3-7-16-23)25-18-9-8-17-24(25)22-14-10-13-21(19-22)20-11-4-2-5-12-20;1-26(22-14-6-3-7-15-22)23-16-10-13-21(19-23)25-18-9-8-17-24(25)20-11-4-2-5-12-20;1-26(23-12-6-3-7-13-23)25-15-9-8-14-24(25)22-18-16-21(17-19-22)20-10-4-2-5-11-20/h4*2-19H,1H3. The van der Waals surface area contributed by atoms with E-state index in [9.17, 15) is 0 Å². The van der Waals surface area contributed by atoms with Gasteiger partial charge in [-0.2, -0.15) is 0 Å². The molecule has 0 atom stereocenters. The second-order valence-electron chi connectivity index (χ2n) is 25.4. The van der Waals surface area contributed by atoms with Gasteiger partial charge in [-0.1, -0.05) is 352 Å². The van der Waals surface area contributed by atoms with Gasteiger partial charge < -0.3 is 19.6 Å². The number of hydrogen-bond acceptors (Lipinski definition) is 4. The van der Waals surface area contributed by atoms with Gasteiger partial charge in [0.05, 0.1) is 0 Å². The molecule has 16 aromatic carbocycles. The molecule has 0 fully saturated rings. The Bertz CT molecular complexity index is 5280. The first-order chi connectivity index (χ1) is 51.3. The molecule has 4 nitrogen and oxygen atoms in total. The zero-order valence-corrected chi connectivity index (χ0v) is 59.4. The maximum Gasteiger partial charge on any atom is 0.0487 e. The summed E-state index contributed by atoms with van der Waals surface area (Å²) in [6.45, 7) is 0. The van der Waals surface area contributed by atoms with Crippen LogP contribution in [-0.2, 0) is 0 Å². The highest BCUT2D eigenvalue weighted by Crippen LogP contribution is 2.42. The van der Waals surface area contributed by atoms with Gasteiger partial charge in [0.1, 0.15) is 0 Å². The van der Waals surface area contributed by atoms with Crippen molar-refractivity contribution in [1.29, 1.82) is 0 Å². The summed E-state index contributed by atoms with van der Waals surface area (Å²) in [7, 11) is 8.47. The lowest BCUT2D eigenvalue weighted by atomic mass is 9.93. The van der Waals surface area contributed by atoms with Crippen molar-refractivity contribution in [2.75, 3.05) is 47.8 Å². The van der Waals surface area contributed by atoms with Crippen LogP contribution in [0, 0.1) is 0 Å². The zero-order valence-electron chi connectivity index (χ0n) is 59.4. The van der Waals surface area contributed by atoms with E-state index in [1.807, 2.05) is 30.3 Å². The fraction of sp³-hybridized carbons (Fsp3) is 0.0400. The maximum absolute atomic E-state index is 2.27. The Morgan fingerprint density at radius 2 is 0.346 bits per heavy atom. The fourth-order valence-corrected chi connectivity index (χ4v) is 13.2. The summed E-state index contributed by atoms with van der Waals surface area (Å²) in [5, 5.41) is 0. The largest absolute Gasteiger partial charge is 0.345 e. The van der Waals surface area contributed by atoms with Crippen molar-refractivity contribution in [3.05, 3.63) is 437 Å². The molecule has 0 saturated heterocycles. The Balaban J connectivity index is 0.000000123. The van der Waals surface area contributed by atoms with E-state index in [1.165, 1.54) is 135 Å². The molecule has 0 aliphatic heterocycles. The van der Waals surface area contributed by atoms with E-state index in [0.717, 1.165) is 0 Å². The highest BCUT2D eigenvalue weighted by atomic mass is 15.1. The van der Waals surface area contributed by atoms with Crippen molar-refractivity contribution < 1.29 is 0 Å². The highest BCUT2D eigenvalue weighted by molar-refractivity contribution is 5.92. The molecule has 0 radical (unpaired) electrons. The van der Waals surface area contributed by atoms with Crippen LogP contribution in [0.15, 0.2) is 437 Å². The summed E-state index contributed by atoms with van der Waals surface area (Å²) >= 11 is 0. The molecule has 0 aliphatic rings. The minimum absolute atomic E-state index is 1.18. The van der Waals surface area contributed by atoms with Gasteiger partial charge in [-0.15, -0.1) is 0 Å². The number of nitrogens with zero attached hydrogens (tertiary/aromatic N) is 4. The van der Waals surface area contributed by atoms with E-state index in [-0.39, 0.29) is 0 Å². The Kier molecular flexibility index (Phi) is 23.1. The van der Waals surface area contributed by atoms with E-state index in [4.69, 9.17) is 0 Å². The summed E-state index contributed by atoms with van der Waals surface area (Å²) in [5.74, 6) is 0. The van der Waals surface area contributed by atoms with Gasteiger partial charge in [0.15, 0.2) is 0 Å². The van der Waals surface area contributed by atoms with Crippen LogP contribution >= 0.6 is 0 Å². The van der Waals surface area contributed by atoms with Crippen LogP contribution in [0.25, 0.3) is 89.0 Å². The second-order valence-corrected chi connectivity index (χ2v) is 25.4. The number of anilines is 8. The van der Waals surface area contributed by atoms with Gasteiger partial charge in [-0.05, 0) is 157 Å². The molecular weight excluding hydrogens is 1260 g/mol. The Morgan fingerprint density at radius 3 is 0.769 bits per heavy atom. The lowest BCUT2D eigenvalue weighted by Crippen LogP contribution is -2.10. The minimum atomic E-state index is 1.18. The lowest BCUT2D eigenvalue weighted by molar-refractivity contribution is 1.21. The predicted molar refractivity (Wildman–Crippen MR) is 447 cm³/mol. The molecule has 0 heterocycles. The van der Waals surface area contributed by atoms with E-state index < -0.39 is 0 Å². The van der Waals surface area contributed by atoms with Crippen LogP contribution in [0.1, 0.15) is 0 Å². The van der Waals surface area contributed by atoms with Gasteiger partial charge in [0, 0.05) is 90.4 Å². The van der Waals surface area contributed by atoms with Crippen LogP contribution in [0.4, 0.5) is 45.5 Å². The number of para-hydroxylation sites is 7. The third-order valence-electron chi connectivity index (χ3n) is 18.8. The van der Waals surface area contributed by atoms with E-state index in [1.54, 1.807) is 0 Å². The van der Waals surface area contributed by atoms with Gasteiger partial charge in [-0.3, -0.25) is 0 Å². The summed E-state index contributed by atoms with van der Waals surface area (Å²) in [4.78, 5) is 8.94. The van der Waals surface area contributed by atoms with Crippen molar-refractivity contribution >= 4 is 45.5 Å². The molecule has 104 heavy (non-hydrogen) atoms. The van der Waals surface area contributed by atoms with Gasteiger partial charge in [-0.25, -0.2) is 0 Å². The number of rotatable bonds is 16. The molecular formula is C100H84N4. The summed E-state index contributed by atoms with van der Waals surface area (Å²) in [6, 6.07) is 153. The Morgan fingerprint density at radius 1 is 0.125 bits per heavy atom. The Labute approximate surface area is 615 Å². The molecule has 0 unspecified atom stereocenters. The molecule has 16 rings (SSSR count). The van der Waals surface area contributed by atoms with Crippen LogP contribution in [0.3, 0.4) is 0 Å². The molecule has 0 bridgehead atoms. The third-order valence-corrected chi connectivity index (χ3v) is 18.8. The van der Waals surface area contributed by atoms with Gasteiger partial charge >= 0.3 is 0 Å². The SMILES string of the molecule is CN(c1ccccc1)c1cccc(-c2ccccc2-c2ccccc2)c1.CN(c1ccccc1)c1ccccc1-c1ccc(-c2ccccc2)cc1.CN(c1ccccc1)c1ccccc1-c1cccc(-c2ccccc2)c1.CN(c1ccccc1)c1ccccc1-c1ccccc1-c1ccccc1. The molecule has 0 N–H and O–H groups in total. The smallest absolute Gasteiger partial charge is 0.0487 e. The highest BCUT2D eigenvalue weighted by Gasteiger charge is 2.17. The van der Waals surface area contributed by atoms with E-state index in [2.05, 4.69) is 454 Å². The summed E-state index contributed by atoms with van der Waals surface area (Å²) in [5.41, 5.74) is 29.3. The second kappa shape index (κ2) is 34.7. The number of hydrogen-bond donors (Lipinski definition) is 0. The monoisotopic (exact) mass is 1340 g/mol. The average molecular weight is 1340 g/mol. The van der Waals surface area contributed by atoms with Gasteiger partial charge in [0.2, 0.25) is 0 Å². The van der Waals surface area contributed by atoms with E-state index in [0.29, 0.717) is 0 Å². The quantitative estimate of drug-likeness (QED) is 0.0956. The predicted octanol–water partition coefficient (Wildman–Crippen LogP) is 27.2. The topological polar surface area (TPSA) is 13.0 Å². The first-order valence-electron chi connectivity index (χ1n) is 35.5. The lowest BCUT2D eigenvalue weighted by Gasteiger charge is -2.24. The molecule has 0 amide bonds. The normalized spacial score (nSPS) is 10.5. The van der Waals surface area contributed by atoms with Crippen LogP contribution in [0.5, 0.6) is 0 Å². The van der Waals surface area contributed by atoms with Crippen molar-refractivity contribution in [2.24, 2.45) is 0 Å². The molecule has 16 aromatic rings. The van der Waals surface area contributed by atoms with Crippen molar-refractivity contribution in [1.82, 2.24) is 0 Å². The molecule has 504 valence electrons. The first kappa shape index (κ1) is 69.2. The average Bonchev–Trinajstić information content (AvgIpc) is 0.796. The summed E-state index contributed by atoms with van der Waals surface area (Å²) < 4.78 is 0.